The van der Waals surface area contributed by atoms with E-state index >= 15 is 0 Å². The normalized spacial score (nSPS) is 11.3. The number of hydrogen-bond donors (Lipinski definition) is 2. The van der Waals surface area contributed by atoms with Crippen molar-refractivity contribution < 1.29 is 0 Å². The van der Waals surface area contributed by atoms with Gasteiger partial charge < -0.3 is 5.43 Å². The molecule has 0 fully saturated rings. The first kappa shape index (κ1) is 13.3. The van der Waals surface area contributed by atoms with Crippen LogP contribution in [0, 0.1) is 13.8 Å². The molecule has 96 valence electrons. The van der Waals surface area contributed by atoms with Crippen LogP contribution in [-0.4, -0.2) is 4.98 Å². The van der Waals surface area contributed by atoms with Crippen LogP contribution in [0.5, 0.6) is 0 Å². The number of nitrogens with zero attached hydrogens (tertiary/aromatic N) is 1. The number of nitrogens with two attached hydrogens (primary N) is 1. The fourth-order valence-electron chi connectivity index (χ4n) is 2.39. The van der Waals surface area contributed by atoms with Gasteiger partial charge in [-0.3, -0.25) is 10.8 Å². The van der Waals surface area contributed by atoms with Gasteiger partial charge >= 0.3 is 0 Å². The first-order valence-corrected chi connectivity index (χ1v) is 6.82. The van der Waals surface area contributed by atoms with Gasteiger partial charge in [0.2, 0.25) is 0 Å². The van der Waals surface area contributed by atoms with Gasteiger partial charge in [-0.25, -0.2) is 0 Å². The van der Waals surface area contributed by atoms with Gasteiger partial charge in [0.1, 0.15) is 0 Å². The number of hydrogen-bond acceptors (Lipinski definition) is 3. The molecule has 0 saturated carbocycles. The minimum Gasteiger partial charge on any atom is -0.323 e. The molecule has 0 amide bonds. The fourth-order valence-corrected chi connectivity index (χ4v) is 2.83. The molecule has 0 unspecified atom stereocenters. The van der Waals surface area contributed by atoms with E-state index in [1.54, 1.807) is 0 Å². The van der Waals surface area contributed by atoms with E-state index in [1.807, 2.05) is 6.92 Å². The molecule has 3 N–H and O–H groups in total. The second-order valence-electron chi connectivity index (χ2n) is 4.88. The standard InChI is InChI=1S/C14H18BrN3/c1-7(2)11-9(4)17-14-10(13(11)18-16)6-5-8(3)12(14)15/h5-7H,16H2,1-4H3,(H,17,18). The van der Waals surface area contributed by atoms with Crippen molar-refractivity contribution in [2.45, 2.75) is 33.6 Å². The van der Waals surface area contributed by atoms with Crippen LogP contribution >= 0.6 is 15.9 Å². The van der Waals surface area contributed by atoms with Crippen molar-refractivity contribution in [1.29, 1.82) is 0 Å². The molecule has 3 nitrogen and oxygen atoms in total. The summed E-state index contributed by atoms with van der Waals surface area (Å²) in [5.74, 6) is 6.10. The Labute approximate surface area is 116 Å². The highest BCUT2D eigenvalue weighted by Crippen LogP contribution is 2.36. The minimum atomic E-state index is 0.382. The van der Waals surface area contributed by atoms with Crippen molar-refractivity contribution >= 4 is 32.5 Å². The van der Waals surface area contributed by atoms with E-state index in [9.17, 15) is 0 Å². The Balaban J connectivity index is 2.93. The second-order valence-corrected chi connectivity index (χ2v) is 5.67. The Morgan fingerprint density at radius 1 is 1.28 bits per heavy atom. The van der Waals surface area contributed by atoms with Crippen molar-refractivity contribution in [2.24, 2.45) is 5.84 Å². The van der Waals surface area contributed by atoms with Crippen LogP contribution in [0.1, 0.15) is 36.6 Å². The number of rotatable bonds is 2. The third-order valence-corrected chi connectivity index (χ3v) is 4.24. The van der Waals surface area contributed by atoms with Crippen molar-refractivity contribution in [1.82, 2.24) is 4.98 Å². The highest BCUT2D eigenvalue weighted by molar-refractivity contribution is 9.10. The lowest BCUT2D eigenvalue weighted by Crippen LogP contribution is -2.12. The predicted octanol–water partition coefficient (Wildman–Crippen LogP) is 4.02. The molecule has 0 radical (unpaired) electrons. The van der Waals surface area contributed by atoms with Crippen LogP contribution in [0.15, 0.2) is 16.6 Å². The average Bonchev–Trinajstić information content (AvgIpc) is 2.32. The van der Waals surface area contributed by atoms with Crippen LogP contribution < -0.4 is 11.3 Å². The van der Waals surface area contributed by atoms with Gasteiger partial charge in [0.05, 0.1) is 11.2 Å². The molecular formula is C14H18BrN3. The van der Waals surface area contributed by atoms with E-state index in [4.69, 9.17) is 10.8 Å². The largest absolute Gasteiger partial charge is 0.323 e. The average molecular weight is 308 g/mol. The molecule has 1 aromatic heterocycles. The summed E-state index contributed by atoms with van der Waals surface area (Å²) in [6.07, 6.45) is 0. The molecule has 0 bridgehead atoms. The Bertz CT molecular complexity index is 606. The third-order valence-electron chi connectivity index (χ3n) is 3.24. The summed E-state index contributed by atoms with van der Waals surface area (Å²) in [5.41, 5.74) is 8.17. The molecule has 0 aliphatic heterocycles. The zero-order valence-electron chi connectivity index (χ0n) is 11.1. The van der Waals surface area contributed by atoms with Crippen LogP contribution in [-0.2, 0) is 0 Å². The SMILES string of the molecule is Cc1ccc2c(NN)c(C(C)C)c(C)nc2c1Br. The number of aryl methyl sites for hydroxylation is 2. The number of hydrazine groups is 1. The van der Waals surface area contributed by atoms with Crippen molar-refractivity contribution in [3.63, 3.8) is 0 Å². The Morgan fingerprint density at radius 2 is 1.94 bits per heavy atom. The maximum Gasteiger partial charge on any atom is 0.0871 e. The summed E-state index contributed by atoms with van der Waals surface area (Å²) in [5, 5.41) is 1.06. The fraction of sp³-hybridized carbons (Fsp3) is 0.357. The van der Waals surface area contributed by atoms with Crippen molar-refractivity contribution in [3.05, 3.63) is 33.4 Å². The number of nitrogens with one attached hydrogen (secondary N) is 1. The van der Waals surface area contributed by atoms with E-state index in [2.05, 4.69) is 54.3 Å². The van der Waals surface area contributed by atoms with Gasteiger partial charge in [-0.05, 0) is 41.3 Å². The summed E-state index contributed by atoms with van der Waals surface area (Å²) >= 11 is 3.61. The van der Waals surface area contributed by atoms with Gasteiger partial charge in [0.15, 0.2) is 0 Å². The predicted molar refractivity (Wildman–Crippen MR) is 80.8 cm³/mol. The van der Waals surface area contributed by atoms with Gasteiger partial charge in [0.25, 0.3) is 0 Å². The molecular weight excluding hydrogens is 290 g/mol. The van der Waals surface area contributed by atoms with E-state index in [-0.39, 0.29) is 0 Å². The Kier molecular flexibility index (Phi) is 3.59. The molecule has 2 aromatic rings. The highest BCUT2D eigenvalue weighted by atomic mass is 79.9. The lowest BCUT2D eigenvalue weighted by atomic mass is 9.96. The maximum atomic E-state index is 5.72. The van der Waals surface area contributed by atoms with Crippen LogP contribution in [0.2, 0.25) is 0 Å². The number of nitrogen functional groups attached to an aromatic ring is 1. The number of anilines is 1. The first-order chi connectivity index (χ1) is 8.47. The molecule has 1 heterocycles. The summed E-state index contributed by atoms with van der Waals surface area (Å²) < 4.78 is 1.04. The summed E-state index contributed by atoms with van der Waals surface area (Å²) in [4.78, 5) is 4.72. The molecule has 0 aliphatic carbocycles. The number of fused-ring (bicyclic) bond motifs is 1. The summed E-state index contributed by atoms with van der Waals surface area (Å²) in [6.45, 7) is 8.40. The first-order valence-electron chi connectivity index (χ1n) is 6.03. The van der Waals surface area contributed by atoms with Gasteiger partial charge in [-0.15, -0.1) is 0 Å². The highest BCUT2D eigenvalue weighted by Gasteiger charge is 2.16. The maximum absolute atomic E-state index is 5.72. The minimum absolute atomic E-state index is 0.382. The van der Waals surface area contributed by atoms with Crippen LogP contribution in [0.25, 0.3) is 10.9 Å². The lowest BCUT2D eigenvalue weighted by Gasteiger charge is -2.18. The molecule has 0 aliphatic rings. The molecule has 0 spiro atoms. The monoisotopic (exact) mass is 307 g/mol. The molecule has 0 saturated heterocycles. The Morgan fingerprint density at radius 3 is 2.50 bits per heavy atom. The molecule has 18 heavy (non-hydrogen) atoms. The molecule has 1 aromatic carbocycles. The molecule has 4 heteroatoms. The summed E-state index contributed by atoms with van der Waals surface area (Å²) in [6, 6.07) is 4.15. The zero-order valence-corrected chi connectivity index (χ0v) is 12.7. The van der Waals surface area contributed by atoms with E-state index in [0.717, 1.165) is 26.8 Å². The van der Waals surface area contributed by atoms with Gasteiger partial charge in [-0.2, -0.15) is 0 Å². The zero-order chi connectivity index (χ0) is 13.4. The topological polar surface area (TPSA) is 50.9 Å². The van der Waals surface area contributed by atoms with E-state index in [0.29, 0.717) is 5.92 Å². The van der Waals surface area contributed by atoms with Crippen LogP contribution in [0.4, 0.5) is 5.69 Å². The number of halogens is 1. The Hall–Kier alpha value is -1.13. The van der Waals surface area contributed by atoms with E-state index in [1.165, 1.54) is 11.1 Å². The number of benzene rings is 1. The summed E-state index contributed by atoms with van der Waals surface area (Å²) in [7, 11) is 0. The van der Waals surface area contributed by atoms with Crippen LogP contribution in [0.3, 0.4) is 0 Å². The van der Waals surface area contributed by atoms with Crippen molar-refractivity contribution in [3.8, 4) is 0 Å². The molecule has 2 rings (SSSR count). The van der Waals surface area contributed by atoms with Gasteiger partial charge in [0, 0.05) is 21.1 Å². The van der Waals surface area contributed by atoms with E-state index < -0.39 is 0 Å². The second kappa shape index (κ2) is 4.86. The van der Waals surface area contributed by atoms with Gasteiger partial charge in [-0.1, -0.05) is 26.0 Å². The lowest BCUT2D eigenvalue weighted by molar-refractivity contribution is 0.848. The number of pyridine rings is 1. The smallest absolute Gasteiger partial charge is 0.0871 e. The number of aromatic nitrogens is 1. The third kappa shape index (κ3) is 1.99. The quantitative estimate of drug-likeness (QED) is 0.650. The molecule has 0 atom stereocenters. The van der Waals surface area contributed by atoms with Crippen molar-refractivity contribution in [2.75, 3.05) is 5.43 Å².